The molecule has 1 amide bonds. The number of nitrogens with two attached hydrogens (primary N) is 1. The SMILES string of the molecule is CC(C)C[C@@H](Oc1nc(Oc2cc(C(=O)NCCO)cc(-c3cccc(CN)c3)c2)c(F)cc1F)C(=O)O. The summed E-state index contributed by atoms with van der Waals surface area (Å²) in [5.41, 5.74) is 7.96. The Labute approximate surface area is 218 Å². The van der Waals surface area contributed by atoms with Crippen molar-refractivity contribution in [3.63, 3.8) is 0 Å². The van der Waals surface area contributed by atoms with Gasteiger partial charge < -0.3 is 30.7 Å². The average Bonchev–Trinajstić information content (AvgIpc) is 2.89. The van der Waals surface area contributed by atoms with E-state index in [0.717, 1.165) is 5.56 Å². The summed E-state index contributed by atoms with van der Waals surface area (Å²) in [4.78, 5) is 27.9. The Bertz CT molecular complexity index is 1300. The second-order valence-electron chi connectivity index (χ2n) is 8.87. The van der Waals surface area contributed by atoms with Crippen molar-refractivity contribution in [2.75, 3.05) is 13.2 Å². The number of aromatic nitrogens is 1. The number of aliphatic hydroxyl groups excluding tert-OH is 1. The van der Waals surface area contributed by atoms with Gasteiger partial charge in [0.25, 0.3) is 17.7 Å². The van der Waals surface area contributed by atoms with E-state index in [9.17, 15) is 23.5 Å². The Kier molecular flexibility index (Phi) is 9.69. The van der Waals surface area contributed by atoms with Gasteiger partial charge >= 0.3 is 5.97 Å². The molecule has 0 aliphatic rings. The van der Waals surface area contributed by atoms with E-state index in [1.54, 1.807) is 32.0 Å². The predicted molar refractivity (Wildman–Crippen MR) is 135 cm³/mol. The molecule has 0 bridgehead atoms. The molecule has 1 atom stereocenters. The van der Waals surface area contributed by atoms with E-state index in [1.165, 1.54) is 12.1 Å². The topological polar surface area (TPSA) is 144 Å². The number of hydrogen-bond acceptors (Lipinski definition) is 7. The Hall–Kier alpha value is -4.09. The molecule has 3 rings (SSSR count). The van der Waals surface area contributed by atoms with Gasteiger partial charge in [0, 0.05) is 24.7 Å². The van der Waals surface area contributed by atoms with Crippen molar-refractivity contribution in [3.8, 4) is 28.6 Å². The van der Waals surface area contributed by atoms with Crippen LogP contribution in [-0.4, -0.2) is 46.3 Å². The molecule has 2 aromatic carbocycles. The van der Waals surface area contributed by atoms with Crippen molar-refractivity contribution >= 4 is 11.9 Å². The predicted octanol–water partition coefficient (Wildman–Crippen LogP) is 3.88. The van der Waals surface area contributed by atoms with Gasteiger partial charge in [-0.1, -0.05) is 32.0 Å². The summed E-state index contributed by atoms with van der Waals surface area (Å²) in [5, 5.41) is 21.0. The number of halogens is 2. The minimum absolute atomic E-state index is 0.00396. The lowest BCUT2D eigenvalue weighted by Gasteiger charge is -2.17. The third-order valence-corrected chi connectivity index (χ3v) is 5.36. The molecule has 0 saturated heterocycles. The van der Waals surface area contributed by atoms with Crippen molar-refractivity contribution < 1.29 is 38.1 Å². The third kappa shape index (κ3) is 7.46. The molecular formula is C27H29F2N3O6. The van der Waals surface area contributed by atoms with Gasteiger partial charge in [-0.2, -0.15) is 4.98 Å². The summed E-state index contributed by atoms with van der Waals surface area (Å²) >= 11 is 0. The van der Waals surface area contributed by atoms with Gasteiger partial charge in [0.05, 0.1) is 6.61 Å². The zero-order valence-corrected chi connectivity index (χ0v) is 20.9. The summed E-state index contributed by atoms with van der Waals surface area (Å²) in [6.45, 7) is 3.57. The minimum atomic E-state index is -1.41. The first-order chi connectivity index (χ1) is 18.1. The van der Waals surface area contributed by atoms with Crippen LogP contribution in [0, 0.1) is 17.6 Å². The van der Waals surface area contributed by atoms with E-state index in [2.05, 4.69) is 10.3 Å². The van der Waals surface area contributed by atoms with Gasteiger partial charge in [-0.05, 0) is 53.3 Å². The van der Waals surface area contributed by atoms with E-state index < -0.39 is 41.4 Å². The van der Waals surface area contributed by atoms with Gasteiger partial charge in [0.1, 0.15) is 5.75 Å². The van der Waals surface area contributed by atoms with Crippen molar-refractivity contribution in [1.29, 1.82) is 0 Å². The molecule has 0 unspecified atom stereocenters. The number of nitrogens with one attached hydrogen (secondary N) is 1. The highest BCUT2D eigenvalue weighted by molar-refractivity contribution is 5.96. The number of aliphatic carboxylic acids is 1. The lowest BCUT2D eigenvalue weighted by atomic mass is 10.00. The molecule has 3 aromatic rings. The van der Waals surface area contributed by atoms with Gasteiger partial charge in [-0.25, -0.2) is 13.6 Å². The molecule has 9 nitrogen and oxygen atoms in total. The third-order valence-electron chi connectivity index (χ3n) is 5.36. The number of hydrogen-bond donors (Lipinski definition) is 4. The van der Waals surface area contributed by atoms with Gasteiger partial charge in [0.2, 0.25) is 0 Å². The highest BCUT2D eigenvalue weighted by Crippen LogP contribution is 2.32. The summed E-state index contributed by atoms with van der Waals surface area (Å²) in [5.74, 6) is -5.68. The van der Waals surface area contributed by atoms with Crippen molar-refractivity contribution in [2.45, 2.75) is 32.9 Å². The summed E-state index contributed by atoms with van der Waals surface area (Å²) in [6, 6.07) is 12.2. The minimum Gasteiger partial charge on any atom is -0.479 e. The lowest BCUT2D eigenvalue weighted by Crippen LogP contribution is -2.29. The number of carbonyl (C=O) groups is 2. The molecule has 0 aliphatic carbocycles. The molecule has 38 heavy (non-hydrogen) atoms. The van der Waals surface area contributed by atoms with E-state index in [-0.39, 0.29) is 43.3 Å². The Balaban J connectivity index is 2.02. The average molecular weight is 530 g/mol. The largest absolute Gasteiger partial charge is 0.479 e. The van der Waals surface area contributed by atoms with Crippen LogP contribution in [0.1, 0.15) is 36.2 Å². The first-order valence-corrected chi connectivity index (χ1v) is 11.9. The van der Waals surface area contributed by atoms with E-state index in [1.807, 2.05) is 12.1 Å². The van der Waals surface area contributed by atoms with Crippen LogP contribution in [0.5, 0.6) is 17.5 Å². The molecule has 0 saturated carbocycles. The molecule has 202 valence electrons. The fourth-order valence-corrected chi connectivity index (χ4v) is 3.57. The van der Waals surface area contributed by atoms with Crippen molar-refractivity contribution in [1.82, 2.24) is 10.3 Å². The Morgan fingerprint density at radius 2 is 1.79 bits per heavy atom. The van der Waals surface area contributed by atoms with E-state index in [4.69, 9.17) is 20.3 Å². The molecule has 0 radical (unpaired) electrons. The van der Waals surface area contributed by atoms with Crippen LogP contribution in [0.25, 0.3) is 11.1 Å². The normalized spacial score (nSPS) is 11.8. The first-order valence-electron chi connectivity index (χ1n) is 11.9. The smallest absolute Gasteiger partial charge is 0.344 e. The second kappa shape index (κ2) is 12.9. The fraction of sp³-hybridized carbons (Fsp3) is 0.296. The number of carbonyl (C=O) groups excluding carboxylic acids is 1. The summed E-state index contributed by atoms with van der Waals surface area (Å²) < 4.78 is 39.9. The molecule has 1 aromatic heterocycles. The monoisotopic (exact) mass is 529 g/mol. The standard InChI is InChI=1S/C27H29F2N3O6/c1-15(2)8-23(27(35)36)38-26-22(29)13-21(28)25(32-26)37-20-11-18(17-5-3-4-16(9-17)14-30)10-19(12-20)24(34)31-6-7-33/h3-5,9-13,15,23,33H,6-8,14,30H2,1-2H3,(H,31,34)(H,35,36)/t23-/m1/s1. The van der Waals surface area contributed by atoms with Crippen LogP contribution in [0.3, 0.4) is 0 Å². The zero-order chi connectivity index (χ0) is 27.8. The number of nitrogens with zero attached hydrogens (tertiary/aromatic N) is 1. The summed E-state index contributed by atoms with van der Waals surface area (Å²) in [7, 11) is 0. The highest BCUT2D eigenvalue weighted by atomic mass is 19.1. The van der Waals surface area contributed by atoms with Gasteiger partial charge in [0.15, 0.2) is 17.7 Å². The number of pyridine rings is 1. The molecule has 5 N–H and O–H groups in total. The number of rotatable bonds is 12. The van der Waals surface area contributed by atoms with Crippen LogP contribution < -0.4 is 20.5 Å². The highest BCUT2D eigenvalue weighted by Gasteiger charge is 2.25. The summed E-state index contributed by atoms with van der Waals surface area (Å²) in [6.07, 6.45) is -1.34. The fourth-order valence-electron chi connectivity index (χ4n) is 3.57. The number of ether oxygens (including phenoxy) is 2. The van der Waals surface area contributed by atoms with Crippen molar-refractivity contribution in [2.24, 2.45) is 11.7 Å². The molecule has 0 aliphatic heterocycles. The number of aliphatic hydroxyl groups is 1. The van der Waals surface area contributed by atoms with Crippen LogP contribution in [0.2, 0.25) is 0 Å². The maximum atomic E-state index is 14.6. The zero-order valence-electron chi connectivity index (χ0n) is 20.9. The Morgan fingerprint density at radius 3 is 2.45 bits per heavy atom. The maximum absolute atomic E-state index is 14.6. The molecular weight excluding hydrogens is 500 g/mol. The number of benzene rings is 2. The van der Waals surface area contributed by atoms with Crippen LogP contribution in [0.4, 0.5) is 8.78 Å². The van der Waals surface area contributed by atoms with Crippen LogP contribution in [0.15, 0.2) is 48.5 Å². The maximum Gasteiger partial charge on any atom is 0.344 e. The second-order valence-corrected chi connectivity index (χ2v) is 8.87. The van der Waals surface area contributed by atoms with Crippen LogP contribution in [-0.2, 0) is 11.3 Å². The Morgan fingerprint density at radius 1 is 1.05 bits per heavy atom. The van der Waals surface area contributed by atoms with E-state index >= 15 is 0 Å². The number of carboxylic acids is 1. The quantitative estimate of drug-likeness (QED) is 0.277. The molecule has 0 spiro atoms. The van der Waals surface area contributed by atoms with Crippen molar-refractivity contribution in [3.05, 3.63) is 71.3 Å². The number of carboxylic acid groups (broad SMARTS) is 1. The molecule has 0 fully saturated rings. The lowest BCUT2D eigenvalue weighted by molar-refractivity contribution is -0.146. The van der Waals surface area contributed by atoms with Gasteiger partial charge in [-0.3, -0.25) is 4.79 Å². The first kappa shape index (κ1) is 28.5. The van der Waals surface area contributed by atoms with E-state index in [0.29, 0.717) is 17.2 Å². The van der Waals surface area contributed by atoms with Gasteiger partial charge in [-0.15, -0.1) is 0 Å². The molecule has 11 heteroatoms. The molecule has 1 heterocycles. The van der Waals surface area contributed by atoms with Crippen LogP contribution >= 0.6 is 0 Å². The number of amides is 1.